The number of rotatable bonds is 4. The van der Waals surface area contributed by atoms with Crippen LogP contribution in [0.2, 0.25) is 0 Å². The summed E-state index contributed by atoms with van der Waals surface area (Å²) < 4.78 is 1.22. The predicted octanol–water partition coefficient (Wildman–Crippen LogP) is 5.25. The van der Waals surface area contributed by atoms with Crippen molar-refractivity contribution in [2.24, 2.45) is 5.92 Å². The molecule has 21 heavy (non-hydrogen) atoms. The minimum atomic E-state index is 0.686. The molecule has 0 aliphatic heterocycles. The molecule has 1 aromatic rings. The number of aryl methyl sites for hydroxylation is 1. The summed E-state index contributed by atoms with van der Waals surface area (Å²) in [5.41, 5.74) is 3.11. The zero-order valence-corrected chi connectivity index (χ0v) is 14.8. The number of halogens is 1. The molecule has 2 heteroatoms. The first-order valence-electron chi connectivity index (χ1n) is 8.79. The van der Waals surface area contributed by atoms with Crippen LogP contribution in [0.4, 0.5) is 0 Å². The maximum Gasteiger partial charge on any atom is 0.0178 e. The molecule has 2 aliphatic rings. The summed E-state index contributed by atoms with van der Waals surface area (Å²) in [6.07, 6.45) is 12.3. The van der Waals surface area contributed by atoms with Crippen LogP contribution in [0.1, 0.15) is 63.0 Å². The Hall–Kier alpha value is -0.340. The zero-order chi connectivity index (χ0) is 14.7. The number of nitrogens with one attached hydrogen (secondary N) is 1. The first kappa shape index (κ1) is 15.6. The minimum absolute atomic E-state index is 0.686. The molecule has 0 bridgehead atoms. The SMILES string of the molecule is CCC(NC1CCc2cc(Br)ccc2C1)C1CCCCC1. The van der Waals surface area contributed by atoms with Gasteiger partial charge in [0.15, 0.2) is 0 Å². The molecule has 1 fully saturated rings. The van der Waals surface area contributed by atoms with Gasteiger partial charge in [0.25, 0.3) is 0 Å². The van der Waals surface area contributed by atoms with Crippen LogP contribution >= 0.6 is 15.9 Å². The maximum atomic E-state index is 4.02. The minimum Gasteiger partial charge on any atom is -0.311 e. The van der Waals surface area contributed by atoms with Crippen molar-refractivity contribution >= 4 is 15.9 Å². The van der Waals surface area contributed by atoms with E-state index >= 15 is 0 Å². The summed E-state index contributed by atoms with van der Waals surface area (Å²) >= 11 is 3.59. The highest BCUT2D eigenvalue weighted by Crippen LogP contribution is 2.30. The molecule has 1 saturated carbocycles. The van der Waals surface area contributed by atoms with Crippen LogP contribution in [0.5, 0.6) is 0 Å². The van der Waals surface area contributed by atoms with Gasteiger partial charge >= 0.3 is 0 Å². The van der Waals surface area contributed by atoms with E-state index in [4.69, 9.17) is 0 Å². The number of fused-ring (bicyclic) bond motifs is 1. The molecule has 0 spiro atoms. The van der Waals surface area contributed by atoms with Gasteiger partial charge in [-0.2, -0.15) is 0 Å². The summed E-state index contributed by atoms with van der Waals surface area (Å²) in [7, 11) is 0. The first-order chi connectivity index (χ1) is 10.3. The normalized spacial score (nSPS) is 24.6. The fraction of sp³-hybridized carbons (Fsp3) is 0.684. The van der Waals surface area contributed by atoms with E-state index in [1.165, 1.54) is 62.3 Å². The van der Waals surface area contributed by atoms with Crippen molar-refractivity contribution in [1.29, 1.82) is 0 Å². The van der Waals surface area contributed by atoms with Crippen LogP contribution in [0, 0.1) is 5.92 Å². The first-order valence-corrected chi connectivity index (χ1v) is 9.59. The van der Waals surface area contributed by atoms with E-state index in [9.17, 15) is 0 Å². The Labute approximate surface area is 138 Å². The molecule has 1 nitrogen and oxygen atoms in total. The van der Waals surface area contributed by atoms with Crippen LogP contribution < -0.4 is 5.32 Å². The zero-order valence-electron chi connectivity index (χ0n) is 13.2. The van der Waals surface area contributed by atoms with Crippen LogP contribution in [0.3, 0.4) is 0 Å². The van der Waals surface area contributed by atoms with Crippen LogP contribution in [-0.4, -0.2) is 12.1 Å². The van der Waals surface area contributed by atoms with Gasteiger partial charge in [-0.15, -0.1) is 0 Å². The fourth-order valence-electron chi connectivity index (χ4n) is 4.29. The Morgan fingerprint density at radius 3 is 2.71 bits per heavy atom. The molecule has 1 aromatic carbocycles. The third-order valence-electron chi connectivity index (χ3n) is 5.51. The molecule has 0 radical (unpaired) electrons. The largest absolute Gasteiger partial charge is 0.311 e. The quantitative estimate of drug-likeness (QED) is 0.782. The van der Waals surface area contributed by atoms with Gasteiger partial charge in [0, 0.05) is 16.6 Å². The lowest BCUT2D eigenvalue weighted by molar-refractivity contribution is 0.239. The third-order valence-corrected chi connectivity index (χ3v) is 6.00. The Morgan fingerprint density at radius 2 is 1.95 bits per heavy atom. The molecule has 2 aliphatic carbocycles. The van der Waals surface area contributed by atoms with E-state index in [1.54, 1.807) is 11.1 Å². The summed E-state index contributed by atoms with van der Waals surface area (Å²) in [4.78, 5) is 0. The lowest BCUT2D eigenvalue weighted by atomic mass is 9.81. The molecular formula is C19H28BrN. The van der Waals surface area contributed by atoms with E-state index in [0.717, 1.165) is 12.0 Å². The van der Waals surface area contributed by atoms with Crippen LogP contribution in [-0.2, 0) is 12.8 Å². The molecule has 1 N–H and O–H groups in total. The van der Waals surface area contributed by atoms with Crippen molar-refractivity contribution in [3.63, 3.8) is 0 Å². The molecule has 0 saturated heterocycles. The topological polar surface area (TPSA) is 12.0 Å². The second-order valence-electron chi connectivity index (χ2n) is 6.93. The van der Waals surface area contributed by atoms with Crippen LogP contribution in [0.15, 0.2) is 22.7 Å². The van der Waals surface area contributed by atoms with Crippen molar-refractivity contribution in [3.05, 3.63) is 33.8 Å². The molecule has 2 unspecified atom stereocenters. The Kier molecular flexibility index (Phi) is 5.39. The van der Waals surface area contributed by atoms with Gasteiger partial charge in [-0.1, -0.05) is 48.2 Å². The van der Waals surface area contributed by atoms with Gasteiger partial charge in [0.05, 0.1) is 0 Å². The average Bonchev–Trinajstić information content (AvgIpc) is 2.53. The predicted molar refractivity (Wildman–Crippen MR) is 93.7 cm³/mol. The lowest BCUT2D eigenvalue weighted by Gasteiger charge is -2.35. The van der Waals surface area contributed by atoms with E-state index in [0.29, 0.717) is 6.04 Å². The summed E-state index contributed by atoms with van der Waals surface area (Å²) in [5.74, 6) is 0.926. The number of benzene rings is 1. The van der Waals surface area contributed by atoms with E-state index in [2.05, 4.69) is 46.4 Å². The Bertz CT molecular complexity index is 465. The van der Waals surface area contributed by atoms with Gasteiger partial charge in [-0.3, -0.25) is 0 Å². The number of hydrogen-bond acceptors (Lipinski definition) is 1. The van der Waals surface area contributed by atoms with E-state index in [1.807, 2.05) is 0 Å². The van der Waals surface area contributed by atoms with Crippen molar-refractivity contribution in [1.82, 2.24) is 5.32 Å². The molecule has 0 aromatic heterocycles. The van der Waals surface area contributed by atoms with E-state index in [-0.39, 0.29) is 0 Å². The highest BCUT2D eigenvalue weighted by molar-refractivity contribution is 9.10. The Morgan fingerprint density at radius 1 is 1.14 bits per heavy atom. The van der Waals surface area contributed by atoms with Crippen LogP contribution in [0.25, 0.3) is 0 Å². The molecule has 0 heterocycles. The standard InChI is InChI=1S/C19H28BrN/c1-2-19(14-6-4-3-5-7-14)21-18-11-9-15-12-17(20)10-8-16(15)13-18/h8,10,12,14,18-19,21H,2-7,9,11,13H2,1H3. The second-order valence-corrected chi connectivity index (χ2v) is 7.85. The summed E-state index contributed by atoms with van der Waals surface area (Å²) in [6, 6.07) is 8.25. The monoisotopic (exact) mass is 349 g/mol. The number of hydrogen-bond donors (Lipinski definition) is 1. The molecule has 116 valence electrons. The molecule has 3 rings (SSSR count). The second kappa shape index (κ2) is 7.28. The van der Waals surface area contributed by atoms with Gasteiger partial charge in [0.2, 0.25) is 0 Å². The maximum absolute atomic E-state index is 4.02. The summed E-state index contributed by atoms with van der Waals surface area (Å²) in [6.45, 7) is 2.36. The smallest absolute Gasteiger partial charge is 0.0178 e. The van der Waals surface area contributed by atoms with Gasteiger partial charge < -0.3 is 5.32 Å². The highest BCUT2D eigenvalue weighted by atomic mass is 79.9. The fourth-order valence-corrected chi connectivity index (χ4v) is 4.70. The highest BCUT2D eigenvalue weighted by Gasteiger charge is 2.26. The van der Waals surface area contributed by atoms with Gasteiger partial charge in [-0.25, -0.2) is 0 Å². The summed E-state index contributed by atoms with van der Waals surface area (Å²) in [5, 5.41) is 4.02. The van der Waals surface area contributed by atoms with Gasteiger partial charge in [0.1, 0.15) is 0 Å². The van der Waals surface area contributed by atoms with Crippen molar-refractivity contribution in [2.75, 3.05) is 0 Å². The van der Waals surface area contributed by atoms with Crippen molar-refractivity contribution in [3.8, 4) is 0 Å². The average molecular weight is 350 g/mol. The molecule has 2 atom stereocenters. The van der Waals surface area contributed by atoms with E-state index < -0.39 is 0 Å². The lowest BCUT2D eigenvalue weighted by Crippen LogP contribution is -2.45. The third kappa shape index (κ3) is 3.90. The molecule has 0 amide bonds. The van der Waals surface area contributed by atoms with Crippen molar-refractivity contribution in [2.45, 2.75) is 76.8 Å². The van der Waals surface area contributed by atoms with Crippen molar-refractivity contribution < 1.29 is 0 Å². The Balaban J connectivity index is 1.61. The van der Waals surface area contributed by atoms with Gasteiger partial charge in [-0.05, 0) is 67.7 Å². The molecular weight excluding hydrogens is 322 g/mol.